The molecule has 1 heterocycles. The Kier molecular flexibility index (Phi) is 7.32. The first-order valence-electron chi connectivity index (χ1n) is 8.73. The van der Waals surface area contributed by atoms with Gasteiger partial charge in [-0.05, 0) is 31.4 Å². The summed E-state index contributed by atoms with van der Waals surface area (Å²) in [7, 11) is 5.70. The molecule has 2 aromatic rings. The fourth-order valence-corrected chi connectivity index (χ4v) is 2.70. The molecule has 25 heavy (non-hydrogen) atoms. The first kappa shape index (κ1) is 18.8. The number of para-hydroxylation sites is 1. The highest BCUT2D eigenvalue weighted by Gasteiger charge is 2.09. The Morgan fingerprint density at radius 3 is 2.84 bits per heavy atom. The van der Waals surface area contributed by atoms with Crippen molar-refractivity contribution in [3.05, 3.63) is 47.8 Å². The van der Waals surface area contributed by atoms with Crippen molar-refractivity contribution in [3.8, 4) is 5.75 Å². The van der Waals surface area contributed by atoms with Gasteiger partial charge in [0.15, 0.2) is 5.96 Å². The van der Waals surface area contributed by atoms with Crippen LogP contribution in [0.5, 0.6) is 5.75 Å². The molecule has 0 fully saturated rings. The van der Waals surface area contributed by atoms with Gasteiger partial charge in [0, 0.05) is 45.5 Å². The SMILES string of the molecule is CCNC(=NCCCc1cnn(C)c1)N(C)Cc1ccccc1OC. The van der Waals surface area contributed by atoms with Crippen LogP contribution in [0.1, 0.15) is 24.5 Å². The number of guanidine groups is 1. The Hall–Kier alpha value is -2.50. The Balaban J connectivity index is 1.93. The van der Waals surface area contributed by atoms with Crippen molar-refractivity contribution in [3.63, 3.8) is 0 Å². The minimum Gasteiger partial charge on any atom is -0.496 e. The number of rotatable bonds is 8. The molecule has 1 N–H and O–H groups in total. The molecule has 0 saturated heterocycles. The third-order valence-electron chi connectivity index (χ3n) is 3.94. The fraction of sp³-hybridized carbons (Fsp3) is 0.474. The van der Waals surface area contributed by atoms with Crippen LogP contribution < -0.4 is 10.1 Å². The van der Waals surface area contributed by atoms with Crippen molar-refractivity contribution >= 4 is 5.96 Å². The molecule has 136 valence electrons. The second kappa shape index (κ2) is 9.71. The topological polar surface area (TPSA) is 54.7 Å². The minimum atomic E-state index is 0.748. The number of methoxy groups -OCH3 is 1. The molecule has 0 aliphatic heterocycles. The van der Waals surface area contributed by atoms with Gasteiger partial charge in [0.25, 0.3) is 0 Å². The number of aromatic nitrogens is 2. The normalized spacial score (nSPS) is 11.4. The van der Waals surface area contributed by atoms with Crippen LogP contribution >= 0.6 is 0 Å². The second-order valence-corrected chi connectivity index (χ2v) is 6.03. The summed E-state index contributed by atoms with van der Waals surface area (Å²) in [6, 6.07) is 8.09. The number of benzene rings is 1. The molecule has 1 aromatic carbocycles. The zero-order valence-corrected chi connectivity index (χ0v) is 15.7. The van der Waals surface area contributed by atoms with Crippen LogP contribution in [0.4, 0.5) is 0 Å². The standard InChI is InChI=1S/C19H29N5O/c1-5-20-19(21-12-8-9-16-13-22-24(3)14-16)23(2)15-17-10-6-7-11-18(17)25-4/h6-7,10-11,13-14H,5,8-9,12,15H2,1-4H3,(H,20,21). The molecule has 0 aliphatic carbocycles. The van der Waals surface area contributed by atoms with Gasteiger partial charge in [0.2, 0.25) is 0 Å². The molecular formula is C19H29N5O. The summed E-state index contributed by atoms with van der Waals surface area (Å²) in [5.74, 6) is 1.82. The molecule has 0 spiro atoms. The van der Waals surface area contributed by atoms with E-state index in [4.69, 9.17) is 9.73 Å². The number of aryl methyl sites for hydroxylation is 2. The molecule has 0 saturated carbocycles. The maximum absolute atomic E-state index is 5.44. The summed E-state index contributed by atoms with van der Waals surface area (Å²) in [6.07, 6.45) is 5.97. The summed E-state index contributed by atoms with van der Waals surface area (Å²) in [6.45, 7) is 4.46. The number of aliphatic imine (C=N–C) groups is 1. The molecule has 0 aliphatic rings. The van der Waals surface area contributed by atoms with Crippen molar-refractivity contribution in [2.75, 3.05) is 27.2 Å². The van der Waals surface area contributed by atoms with Gasteiger partial charge < -0.3 is 15.0 Å². The summed E-state index contributed by atoms with van der Waals surface area (Å²) in [5, 5.41) is 7.56. The number of ether oxygens (including phenoxy) is 1. The Bertz CT molecular complexity index is 680. The molecule has 1 aromatic heterocycles. The average Bonchev–Trinajstić information content (AvgIpc) is 3.03. The first-order valence-corrected chi connectivity index (χ1v) is 8.73. The van der Waals surface area contributed by atoms with Gasteiger partial charge in [-0.15, -0.1) is 0 Å². The van der Waals surface area contributed by atoms with E-state index >= 15 is 0 Å². The van der Waals surface area contributed by atoms with Gasteiger partial charge in [-0.25, -0.2) is 0 Å². The van der Waals surface area contributed by atoms with E-state index in [1.165, 1.54) is 5.56 Å². The third-order valence-corrected chi connectivity index (χ3v) is 3.94. The zero-order valence-electron chi connectivity index (χ0n) is 15.7. The molecule has 0 atom stereocenters. The Morgan fingerprint density at radius 1 is 1.36 bits per heavy atom. The molecule has 2 rings (SSSR count). The molecule has 0 unspecified atom stereocenters. The Morgan fingerprint density at radius 2 is 2.16 bits per heavy atom. The van der Waals surface area contributed by atoms with Crippen LogP contribution in [0.3, 0.4) is 0 Å². The summed E-state index contributed by atoms with van der Waals surface area (Å²) >= 11 is 0. The highest BCUT2D eigenvalue weighted by atomic mass is 16.5. The molecule has 0 bridgehead atoms. The van der Waals surface area contributed by atoms with Gasteiger partial charge in [-0.3, -0.25) is 9.67 Å². The van der Waals surface area contributed by atoms with Crippen molar-refractivity contribution in [1.29, 1.82) is 0 Å². The lowest BCUT2D eigenvalue weighted by atomic mass is 10.2. The molecule has 6 nitrogen and oxygen atoms in total. The van der Waals surface area contributed by atoms with Gasteiger partial charge in [-0.2, -0.15) is 5.10 Å². The van der Waals surface area contributed by atoms with Crippen LogP contribution in [0.2, 0.25) is 0 Å². The number of nitrogens with zero attached hydrogens (tertiary/aromatic N) is 4. The summed E-state index contributed by atoms with van der Waals surface area (Å²) < 4.78 is 7.28. The van der Waals surface area contributed by atoms with Crippen LogP contribution in [0, 0.1) is 0 Å². The first-order chi connectivity index (χ1) is 12.1. The monoisotopic (exact) mass is 343 g/mol. The van der Waals surface area contributed by atoms with Crippen molar-refractivity contribution in [2.24, 2.45) is 12.0 Å². The van der Waals surface area contributed by atoms with Gasteiger partial charge in [-0.1, -0.05) is 18.2 Å². The fourth-order valence-electron chi connectivity index (χ4n) is 2.70. The highest BCUT2D eigenvalue weighted by Crippen LogP contribution is 2.18. The van der Waals surface area contributed by atoms with Crippen molar-refractivity contribution < 1.29 is 4.74 Å². The molecule has 0 amide bonds. The van der Waals surface area contributed by atoms with E-state index in [0.29, 0.717) is 0 Å². The molecule has 6 heteroatoms. The van der Waals surface area contributed by atoms with E-state index in [0.717, 1.165) is 49.7 Å². The number of hydrogen-bond donors (Lipinski definition) is 1. The largest absolute Gasteiger partial charge is 0.496 e. The quantitative estimate of drug-likeness (QED) is 0.454. The number of nitrogens with one attached hydrogen (secondary N) is 1. The predicted octanol–water partition coefficient (Wildman–Crippen LogP) is 2.46. The highest BCUT2D eigenvalue weighted by molar-refractivity contribution is 5.79. The summed E-state index contributed by atoms with van der Waals surface area (Å²) in [5.41, 5.74) is 2.40. The van der Waals surface area contributed by atoms with Crippen LogP contribution in [0.25, 0.3) is 0 Å². The molecular weight excluding hydrogens is 314 g/mol. The maximum Gasteiger partial charge on any atom is 0.193 e. The average molecular weight is 343 g/mol. The lowest BCUT2D eigenvalue weighted by Crippen LogP contribution is -2.38. The van der Waals surface area contributed by atoms with Gasteiger partial charge >= 0.3 is 0 Å². The van der Waals surface area contributed by atoms with E-state index in [1.54, 1.807) is 7.11 Å². The van der Waals surface area contributed by atoms with E-state index in [9.17, 15) is 0 Å². The van der Waals surface area contributed by atoms with E-state index in [-0.39, 0.29) is 0 Å². The van der Waals surface area contributed by atoms with Crippen molar-refractivity contribution in [2.45, 2.75) is 26.3 Å². The Labute approximate surface area is 150 Å². The van der Waals surface area contributed by atoms with Crippen molar-refractivity contribution in [1.82, 2.24) is 20.0 Å². The van der Waals surface area contributed by atoms with Crippen LogP contribution in [-0.2, 0) is 20.0 Å². The lowest BCUT2D eigenvalue weighted by molar-refractivity contribution is 0.396. The lowest BCUT2D eigenvalue weighted by Gasteiger charge is -2.23. The predicted molar refractivity (Wildman–Crippen MR) is 102 cm³/mol. The van der Waals surface area contributed by atoms with Gasteiger partial charge in [0.05, 0.1) is 13.3 Å². The zero-order chi connectivity index (χ0) is 18.1. The minimum absolute atomic E-state index is 0.748. The van der Waals surface area contributed by atoms with E-state index < -0.39 is 0 Å². The van der Waals surface area contributed by atoms with Gasteiger partial charge in [0.1, 0.15) is 5.75 Å². The van der Waals surface area contributed by atoms with Crippen LogP contribution in [-0.4, -0.2) is 47.9 Å². The maximum atomic E-state index is 5.44. The van der Waals surface area contributed by atoms with E-state index in [1.807, 2.05) is 36.1 Å². The second-order valence-electron chi connectivity index (χ2n) is 6.03. The van der Waals surface area contributed by atoms with E-state index in [2.05, 4.69) is 41.5 Å². The summed E-state index contributed by atoms with van der Waals surface area (Å²) in [4.78, 5) is 6.88. The third kappa shape index (κ3) is 5.81. The van der Waals surface area contributed by atoms with Crippen LogP contribution in [0.15, 0.2) is 41.7 Å². The molecule has 0 radical (unpaired) electrons. The smallest absolute Gasteiger partial charge is 0.193 e. The number of hydrogen-bond acceptors (Lipinski definition) is 3.